The minimum Gasteiger partial charge on any atom is -0.307 e. The van der Waals surface area contributed by atoms with Gasteiger partial charge in [0, 0.05) is 6.04 Å². The van der Waals surface area contributed by atoms with E-state index in [4.69, 9.17) is 0 Å². The lowest BCUT2D eigenvalue weighted by Crippen LogP contribution is -2.18. The van der Waals surface area contributed by atoms with Gasteiger partial charge in [-0.1, -0.05) is 12.1 Å². The number of aromatic nitrogens is 3. The number of nitrogens with one attached hydrogen (secondary N) is 1. The molecule has 4 heteroatoms. The Bertz CT molecular complexity index is 514. The number of hydrogen-bond acceptors (Lipinski definition) is 3. The van der Waals surface area contributed by atoms with Crippen LogP contribution in [0.2, 0.25) is 0 Å². The van der Waals surface area contributed by atoms with Crippen molar-refractivity contribution in [1.29, 1.82) is 0 Å². The van der Waals surface area contributed by atoms with Crippen molar-refractivity contribution in [3.63, 3.8) is 0 Å². The second-order valence-electron chi connectivity index (χ2n) is 4.58. The van der Waals surface area contributed by atoms with Gasteiger partial charge < -0.3 is 5.32 Å². The monoisotopic (exact) mass is 228 g/mol. The molecule has 2 aromatic rings. The summed E-state index contributed by atoms with van der Waals surface area (Å²) < 4.78 is 1.91. The Morgan fingerprint density at radius 3 is 3.06 bits per heavy atom. The fourth-order valence-electron chi connectivity index (χ4n) is 1.88. The van der Waals surface area contributed by atoms with Gasteiger partial charge in [-0.15, -0.1) is 0 Å². The number of hydrogen-bond donors (Lipinski definition) is 1. The summed E-state index contributed by atoms with van der Waals surface area (Å²) in [6.45, 7) is 2.88. The smallest absolute Gasteiger partial charge is 0.146 e. The highest BCUT2D eigenvalue weighted by Crippen LogP contribution is 2.19. The van der Waals surface area contributed by atoms with Gasteiger partial charge in [-0.05, 0) is 37.5 Å². The number of aryl methyl sites for hydroxylation is 1. The second-order valence-corrected chi connectivity index (χ2v) is 4.58. The zero-order valence-electron chi connectivity index (χ0n) is 9.93. The highest BCUT2D eigenvalue weighted by Gasteiger charge is 2.21. The first-order chi connectivity index (χ1) is 8.33. The van der Waals surface area contributed by atoms with E-state index < -0.39 is 0 Å². The number of rotatable bonds is 4. The second kappa shape index (κ2) is 4.30. The first-order valence-electron chi connectivity index (χ1n) is 6.02. The van der Waals surface area contributed by atoms with Crippen molar-refractivity contribution in [3.05, 3.63) is 42.0 Å². The van der Waals surface area contributed by atoms with E-state index in [1.165, 1.54) is 18.4 Å². The van der Waals surface area contributed by atoms with Crippen LogP contribution < -0.4 is 5.32 Å². The predicted octanol–water partition coefficient (Wildman–Crippen LogP) is 1.83. The van der Waals surface area contributed by atoms with E-state index in [1.807, 2.05) is 10.7 Å². The third kappa shape index (κ3) is 2.36. The molecule has 1 N–H and O–H groups in total. The van der Waals surface area contributed by atoms with Gasteiger partial charge in [0.2, 0.25) is 0 Å². The third-order valence-electron chi connectivity index (χ3n) is 2.99. The maximum atomic E-state index is 4.31. The molecule has 0 unspecified atom stereocenters. The Balaban J connectivity index is 1.83. The van der Waals surface area contributed by atoms with E-state index in [0.29, 0.717) is 6.04 Å². The number of nitrogens with zero attached hydrogens (tertiary/aromatic N) is 3. The van der Waals surface area contributed by atoms with Crippen LogP contribution in [0.4, 0.5) is 0 Å². The molecule has 88 valence electrons. The van der Waals surface area contributed by atoms with Gasteiger partial charge >= 0.3 is 0 Å². The lowest BCUT2D eigenvalue weighted by Gasteiger charge is -2.07. The first-order valence-corrected chi connectivity index (χ1v) is 6.02. The Hall–Kier alpha value is -1.68. The lowest BCUT2D eigenvalue weighted by molar-refractivity contribution is 0.637. The van der Waals surface area contributed by atoms with Gasteiger partial charge in [-0.3, -0.25) is 0 Å². The van der Waals surface area contributed by atoms with Crippen molar-refractivity contribution in [2.24, 2.45) is 0 Å². The molecule has 0 spiro atoms. The van der Waals surface area contributed by atoms with E-state index in [-0.39, 0.29) is 0 Å². The summed E-state index contributed by atoms with van der Waals surface area (Å²) in [5.41, 5.74) is 2.31. The van der Waals surface area contributed by atoms with E-state index in [1.54, 1.807) is 6.33 Å². The standard InChI is InChI=1S/C13H16N4/c1-10-3-2-4-12(7-10)17-13(15-9-16-17)8-14-11-5-6-11/h2-4,7,9,11,14H,5-6,8H2,1H3. The Labute approximate surface area is 101 Å². The molecule has 1 aliphatic rings. The van der Waals surface area contributed by atoms with Gasteiger partial charge in [0.15, 0.2) is 0 Å². The fraction of sp³-hybridized carbons (Fsp3) is 0.385. The van der Waals surface area contributed by atoms with Gasteiger partial charge in [0.25, 0.3) is 0 Å². The van der Waals surface area contributed by atoms with Crippen molar-refractivity contribution in [2.75, 3.05) is 0 Å². The van der Waals surface area contributed by atoms with E-state index >= 15 is 0 Å². The van der Waals surface area contributed by atoms with E-state index in [9.17, 15) is 0 Å². The minimum atomic E-state index is 0.692. The van der Waals surface area contributed by atoms with Crippen molar-refractivity contribution >= 4 is 0 Å². The molecule has 1 aliphatic carbocycles. The highest BCUT2D eigenvalue weighted by atomic mass is 15.3. The average Bonchev–Trinajstić information content (AvgIpc) is 3.04. The van der Waals surface area contributed by atoms with Crippen molar-refractivity contribution in [1.82, 2.24) is 20.1 Å². The van der Waals surface area contributed by atoms with Crippen molar-refractivity contribution in [2.45, 2.75) is 32.4 Å². The van der Waals surface area contributed by atoms with Crippen molar-refractivity contribution < 1.29 is 0 Å². The molecule has 1 fully saturated rings. The quantitative estimate of drug-likeness (QED) is 0.868. The van der Waals surface area contributed by atoms with Crippen LogP contribution in [-0.4, -0.2) is 20.8 Å². The molecule has 1 aromatic carbocycles. The number of benzene rings is 1. The molecule has 0 atom stereocenters. The molecule has 0 bridgehead atoms. The van der Waals surface area contributed by atoms with E-state index in [2.05, 4.69) is 40.5 Å². The molecule has 3 rings (SSSR count). The zero-order valence-corrected chi connectivity index (χ0v) is 9.93. The van der Waals surface area contributed by atoms with Gasteiger partial charge in [-0.2, -0.15) is 5.10 Å². The Morgan fingerprint density at radius 2 is 2.29 bits per heavy atom. The molecular weight excluding hydrogens is 212 g/mol. The van der Waals surface area contributed by atoms with Crippen LogP contribution in [0.1, 0.15) is 24.2 Å². The summed E-state index contributed by atoms with van der Waals surface area (Å²) in [7, 11) is 0. The predicted molar refractivity (Wildman–Crippen MR) is 66.0 cm³/mol. The molecule has 1 saturated carbocycles. The molecule has 17 heavy (non-hydrogen) atoms. The summed E-state index contributed by atoms with van der Waals surface area (Å²) in [5, 5.41) is 7.75. The van der Waals surface area contributed by atoms with Gasteiger partial charge in [0.05, 0.1) is 12.2 Å². The van der Waals surface area contributed by atoms with Gasteiger partial charge in [-0.25, -0.2) is 9.67 Å². The molecule has 0 amide bonds. The first kappa shape index (κ1) is 10.5. The zero-order chi connectivity index (χ0) is 11.7. The topological polar surface area (TPSA) is 42.7 Å². The Morgan fingerprint density at radius 1 is 1.41 bits per heavy atom. The molecule has 1 heterocycles. The maximum Gasteiger partial charge on any atom is 0.146 e. The molecule has 0 saturated heterocycles. The molecule has 1 aromatic heterocycles. The van der Waals surface area contributed by atoms with Gasteiger partial charge in [0.1, 0.15) is 12.2 Å². The van der Waals surface area contributed by atoms with Crippen LogP contribution in [-0.2, 0) is 6.54 Å². The van der Waals surface area contributed by atoms with Crippen LogP contribution in [0.3, 0.4) is 0 Å². The summed E-state index contributed by atoms with van der Waals surface area (Å²) in [4.78, 5) is 4.31. The fourth-order valence-corrected chi connectivity index (χ4v) is 1.88. The van der Waals surface area contributed by atoms with Crippen molar-refractivity contribution in [3.8, 4) is 5.69 Å². The minimum absolute atomic E-state index is 0.692. The van der Waals surface area contributed by atoms with Crippen LogP contribution in [0.25, 0.3) is 5.69 Å². The third-order valence-corrected chi connectivity index (χ3v) is 2.99. The molecule has 4 nitrogen and oxygen atoms in total. The largest absolute Gasteiger partial charge is 0.307 e. The summed E-state index contributed by atoms with van der Waals surface area (Å²) in [6, 6.07) is 9.00. The SMILES string of the molecule is Cc1cccc(-n2ncnc2CNC2CC2)c1. The molecule has 0 aliphatic heterocycles. The van der Waals surface area contributed by atoms with Crippen LogP contribution in [0.5, 0.6) is 0 Å². The average molecular weight is 228 g/mol. The van der Waals surface area contributed by atoms with E-state index in [0.717, 1.165) is 18.1 Å². The Kier molecular flexibility index (Phi) is 2.65. The maximum absolute atomic E-state index is 4.31. The summed E-state index contributed by atoms with van der Waals surface area (Å²) >= 11 is 0. The normalized spacial score (nSPS) is 15.1. The van der Waals surface area contributed by atoms with Crippen LogP contribution >= 0.6 is 0 Å². The summed E-state index contributed by atoms with van der Waals surface area (Å²) in [6.07, 6.45) is 4.20. The lowest BCUT2D eigenvalue weighted by atomic mass is 10.2. The van der Waals surface area contributed by atoms with Crippen LogP contribution in [0.15, 0.2) is 30.6 Å². The molecular formula is C13H16N4. The van der Waals surface area contributed by atoms with Crippen LogP contribution in [0, 0.1) is 6.92 Å². The molecule has 0 radical (unpaired) electrons. The highest BCUT2D eigenvalue weighted by molar-refractivity contribution is 5.35. The summed E-state index contributed by atoms with van der Waals surface area (Å²) in [5.74, 6) is 0.975.